The predicted octanol–water partition coefficient (Wildman–Crippen LogP) is 3.98. The van der Waals surface area contributed by atoms with Crippen molar-refractivity contribution in [3.63, 3.8) is 0 Å². The number of likely N-dealkylation sites (tertiary alicyclic amines) is 1. The van der Waals surface area contributed by atoms with E-state index in [-0.39, 0.29) is 5.91 Å². The van der Waals surface area contributed by atoms with Crippen LogP contribution in [0.25, 0.3) is 0 Å². The van der Waals surface area contributed by atoms with Crippen LogP contribution in [-0.4, -0.2) is 28.4 Å². The minimum Gasteiger partial charge on any atom is -0.435 e. The summed E-state index contributed by atoms with van der Waals surface area (Å²) in [5.74, 6) is 2.42. The number of hydrogen-bond donors (Lipinski definition) is 0. The van der Waals surface area contributed by atoms with E-state index in [0.717, 1.165) is 31.5 Å². The lowest BCUT2D eigenvalue weighted by atomic mass is 9.96. The van der Waals surface area contributed by atoms with Crippen molar-refractivity contribution in [3.8, 4) is 0 Å². The molecule has 1 atom stereocenters. The molecule has 0 unspecified atom stereocenters. The summed E-state index contributed by atoms with van der Waals surface area (Å²) >= 11 is 0. The van der Waals surface area contributed by atoms with Crippen LogP contribution in [0.4, 0.5) is 0 Å². The Labute approximate surface area is 133 Å². The minimum atomic E-state index is 0.0643. The van der Waals surface area contributed by atoms with Gasteiger partial charge in [0.2, 0.25) is 5.76 Å². The summed E-state index contributed by atoms with van der Waals surface area (Å²) < 4.78 is 5.81. The molecule has 2 heterocycles. The molecule has 0 aromatic carbocycles. The highest BCUT2D eigenvalue weighted by molar-refractivity contribution is 5.92. The summed E-state index contributed by atoms with van der Waals surface area (Å²) in [6, 6.07) is 0.424. The largest absolute Gasteiger partial charge is 0.435 e. The second kappa shape index (κ2) is 6.43. The zero-order chi connectivity index (χ0) is 15.7. The fourth-order valence-electron chi connectivity index (χ4n) is 4.09. The SMILES string of the molecule is Cc1nc(CC(C)C)oc1C(=O)N1CCC[C@@H]1C1CCCC1. The number of aryl methyl sites for hydroxylation is 1. The standard InChI is InChI=1S/C18H28N2O2/c1-12(2)11-16-19-13(3)17(22-16)18(21)20-10-6-9-15(20)14-7-4-5-8-14/h12,14-15H,4-11H2,1-3H3/t15-/m1/s1. The third kappa shape index (κ3) is 3.06. The molecule has 1 aromatic rings. The van der Waals surface area contributed by atoms with E-state index in [4.69, 9.17) is 4.42 Å². The maximum Gasteiger partial charge on any atom is 0.291 e. The van der Waals surface area contributed by atoms with Crippen molar-refractivity contribution in [2.75, 3.05) is 6.54 Å². The second-order valence-corrected chi connectivity index (χ2v) is 7.37. The average molecular weight is 304 g/mol. The Bertz CT molecular complexity index is 529. The van der Waals surface area contributed by atoms with Crippen molar-refractivity contribution in [2.24, 2.45) is 11.8 Å². The number of carbonyl (C=O) groups is 1. The van der Waals surface area contributed by atoms with Crippen LogP contribution in [0.3, 0.4) is 0 Å². The first-order valence-electron chi connectivity index (χ1n) is 8.83. The van der Waals surface area contributed by atoms with E-state index in [2.05, 4.69) is 23.7 Å². The van der Waals surface area contributed by atoms with E-state index < -0.39 is 0 Å². The maximum absolute atomic E-state index is 12.9. The number of carbonyl (C=O) groups excluding carboxylic acids is 1. The van der Waals surface area contributed by atoms with Crippen LogP contribution in [0.1, 0.15) is 74.5 Å². The first-order chi connectivity index (χ1) is 10.6. The Kier molecular flexibility index (Phi) is 4.55. The number of rotatable bonds is 4. The number of amides is 1. The van der Waals surface area contributed by atoms with E-state index in [1.165, 1.54) is 25.7 Å². The Hall–Kier alpha value is -1.32. The van der Waals surface area contributed by atoms with Gasteiger partial charge in [-0.3, -0.25) is 4.79 Å². The Balaban J connectivity index is 1.76. The van der Waals surface area contributed by atoms with Gasteiger partial charge in [-0.05, 0) is 44.4 Å². The van der Waals surface area contributed by atoms with Crippen molar-refractivity contribution in [3.05, 3.63) is 17.3 Å². The molecule has 22 heavy (non-hydrogen) atoms. The number of nitrogens with zero attached hydrogens (tertiary/aromatic N) is 2. The van der Waals surface area contributed by atoms with Crippen molar-refractivity contribution < 1.29 is 9.21 Å². The lowest BCUT2D eigenvalue weighted by Gasteiger charge is -2.28. The van der Waals surface area contributed by atoms with Gasteiger partial charge in [-0.1, -0.05) is 26.7 Å². The van der Waals surface area contributed by atoms with Gasteiger partial charge in [0.15, 0.2) is 5.89 Å². The van der Waals surface area contributed by atoms with Crippen LogP contribution < -0.4 is 0 Å². The molecule has 1 aliphatic heterocycles. The molecule has 0 radical (unpaired) electrons. The van der Waals surface area contributed by atoms with Gasteiger partial charge in [0.25, 0.3) is 5.91 Å². The molecule has 2 fully saturated rings. The van der Waals surface area contributed by atoms with Gasteiger partial charge >= 0.3 is 0 Å². The van der Waals surface area contributed by atoms with Gasteiger partial charge < -0.3 is 9.32 Å². The topological polar surface area (TPSA) is 46.3 Å². The van der Waals surface area contributed by atoms with Crippen molar-refractivity contribution >= 4 is 5.91 Å². The molecule has 0 bridgehead atoms. The molecule has 1 saturated carbocycles. The molecule has 2 aliphatic rings. The number of aromatic nitrogens is 1. The van der Waals surface area contributed by atoms with Gasteiger partial charge in [-0.25, -0.2) is 4.98 Å². The summed E-state index contributed by atoms with van der Waals surface area (Å²) in [7, 11) is 0. The Morgan fingerprint density at radius 3 is 2.68 bits per heavy atom. The molecule has 3 rings (SSSR count). The molecule has 4 heteroatoms. The van der Waals surface area contributed by atoms with Crippen LogP contribution in [-0.2, 0) is 6.42 Å². The predicted molar refractivity (Wildman–Crippen MR) is 85.8 cm³/mol. The zero-order valence-corrected chi connectivity index (χ0v) is 14.1. The normalized spacial score (nSPS) is 22.9. The molecule has 1 amide bonds. The molecule has 1 saturated heterocycles. The van der Waals surface area contributed by atoms with E-state index in [1.807, 2.05) is 6.92 Å². The first kappa shape index (κ1) is 15.6. The summed E-state index contributed by atoms with van der Waals surface area (Å²) in [5, 5.41) is 0. The summed E-state index contributed by atoms with van der Waals surface area (Å²) in [4.78, 5) is 19.4. The number of hydrogen-bond acceptors (Lipinski definition) is 3. The fraction of sp³-hybridized carbons (Fsp3) is 0.778. The second-order valence-electron chi connectivity index (χ2n) is 7.37. The van der Waals surface area contributed by atoms with Crippen LogP contribution >= 0.6 is 0 Å². The first-order valence-corrected chi connectivity index (χ1v) is 8.83. The highest BCUT2D eigenvalue weighted by Gasteiger charge is 2.37. The van der Waals surface area contributed by atoms with E-state index >= 15 is 0 Å². The lowest BCUT2D eigenvalue weighted by molar-refractivity contribution is 0.0653. The summed E-state index contributed by atoms with van der Waals surface area (Å²) in [6.07, 6.45) is 8.28. The van der Waals surface area contributed by atoms with Gasteiger partial charge in [0.05, 0.1) is 5.69 Å². The lowest BCUT2D eigenvalue weighted by Crippen LogP contribution is -2.39. The van der Waals surface area contributed by atoms with Crippen molar-refractivity contribution in [1.29, 1.82) is 0 Å². The van der Waals surface area contributed by atoms with Crippen LogP contribution in [0.15, 0.2) is 4.42 Å². The van der Waals surface area contributed by atoms with Crippen LogP contribution in [0.2, 0.25) is 0 Å². The van der Waals surface area contributed by atoms with Gasteiger partial charge in [-0.15, -0.1) is 0 Å². The van der Waals surface area contributed by atoms with E-state index in [0.29, 0.717) is 29.5 Å². The molecule has 4 nitrogen and oxygen atoms in total. The smallest absolute Gasteiger partial charge is 0.291 e. The molecular formula is C18H28N2O2. The van der Waals surface area contributed by atoms with Crippen molar-refractivity contribution in [2.45, 2.75) is 71.8 Å². The molecule has 0 spiro atoms. The molecular weight excluding hydrogens is 276 g/mol. The molecule has 0 N–H and O–H groups in total. The third-order valence-corrected chi connectivity index (χ3v) is 5.12. The Morgan fingerprint density at radius 1 is 1.27 bits per heavy atom. The van der Waals surface area contributed by atoms with Crippen LogP contribution in [0, 0.1) is 18.8 Å². The summed E-state index contributed by atoms with van der Waals surface area (Å²) in [6.45, 7) is 7.04. The van der Waals surface area contributed by atoms with E-state index in [1.54, 1.807) is 0 Å². The van der Waals surface area contributed by atoms with Crippen molar-refractivity contribution in [1.82, 2.24) is 9.88 Å². The van der Waals surface area contributed by atoms with Gasteiger partial charge in [0, 0.05) is 19.0 Å². The average Bonchev–Trinajstić information content (AvgIpc) is 3.16. The Morgan fingerprint density at radius 2 is 2.00 bits per heavy atom. The maximum atomic E-state index is 12.9. The van der Waals surface area contributed by atoms with Gasteiger partial charge in [0.1, 0.15) is 0 Å². The monoisotopic (exact) mass is 304 g/mol. The summed E-state index contributed by atoms with van der Waals surface area (Å²) in [5.41, 5.74) is 0.748. The highest BCUT2D eigenvalue weighted by Crippen LogP contribution is 2.36. The van der Waals surface area contributed by atoms with E-state index in [9.17, 15) is 4.79 Å². The highest BCUT2D eigenvalue weighted by atomic mass is 16.4. The quantitative estimate of drug-likeness (QED) is 0.845. The molecule has 1 aromatic heterocycles. The number of oxazole rings is 1. The zero-order valence-electron chi connectivity index (χ0n) is 14.1. The molecule has 122 valence electrons. The van der Waals surface area contributed by atoms with Gasteiger partial charge in [-0.2, -0.15) is 0 Å². The third-order valence-electron chi connectivity index (χ3n) is 5.12. The fourth-order valence-corrected chi connectivity index (χ4v) is 4.09. The molecule has 1 aliphatic carbocycles. The minimum absolute atomic E-state index is 0.0643. The van der Waals surface area contributed by atoms with Crippen LogP contribution in [0.5, 0.6) is 0 Å².